The molecule has 0 fully saturated rings. The first-order chi connectivity index (χ1) is 9.61. The summed E-state index contributed by atoms with van der Waals surface area (Å²) in [6.07, 6.45) is -0.703. The molecule has 3 nitrogen and oxygen atoms in total. The van der Waals surface area contributed by atoms with Crippen LogP contribution < -0.4 is 5.32 Å². The summed E-state index contributed by atoms with van der Waals surface area (Å²) in [7, 11) is 0. The number of halogens is 2. The molecule has 0 bridgehead atoms. The fraction of sp³-hybridized carbons (Fsp3) is 0.133. The lowest BCUT2D eigenvalue weighted by Gasteiger charge is -2.15. The predicted molar refractivity (Wildman–Crippen MR) is 83.8 cm³/mol. The van der Waals surface area contributed by atoms with E-state index in [-0.39, 0.29) is 0 Å². The molecular weight excluding hydrogens is 340 g/mol. The van der Waals surface area contributed by atoms with Crippen molar-refractivity contribution >= 4 is 33.2 Å². The van der Waals surface area contributed by atoms with E-state index in [1.165, 1.54) is 0 Å². The Morgan fingerprint density at radius 1 is 1.30 bits per heavy atom. The van der Waals surface area contributed by atoms with Crippen LogP contribution in [0.25, 0.3) is 0 Å². The molecule has 1 atom stereocenters. The van der Waals surface area contributed by atoms with E-state index in [4.69, 9.17) is 16.9 Å². The van der Waals surface area contributed by atoms with Gasteiger partial charge >= 0.3 is 0 Å². The standard InChI is InChI=1S/C15H12BrClN2O/c16-12-7-10(8-18)5-6-14(12)19-9-15(20)11-3-1-2-4-13(11)17/h1-7,15,19-20H,9H2. The highest BCUT2D eigenvalue weighted by Crippen LogP contribution is 2.26. The zero-order chi connectivity index (χ0) is 14.5. The number of nitrogens with zero attached hydrogens (tertiary/aromatic N) is 1. The minimum absolute atomic E-state index is 0.328. The van der Waals surface area contributed by atoms with E-state index < -0.39 is 6.10 Å². The number of hydrogen-bond acceptors (Lipinski definition) is 3. The van der Waals surface area contributed by atoms with Crippen LogP contribution in [0.3, 0.4) is 0 Å². The van der Waals surface area contributed by atoms with Crippen molar-refractivity contribution in [3.8, 4) is 6.07 Å². The summed E-state index contributed by atoms with van der Waals surface area (Å²) in [5.41, 5.74) is 2.08. The lowest BCUT2D eigenvalue weighted by molar-refractivity contribution is 0.191. The molecule has 1 unspecified atom stereocenters. The number of hydrogen-bond donors (Lipinski definition) is 2. The molecule has 0 aliphatic carbocycles. The molecule has 0 amide bonds. The van der Waals surface area contributed by atoms with Gasteiger partial charge in [0.1, 0.15) is 0 Å². The summed E-state index contributed by atoms with van der Waals surface area (Å²) in [6.45, 7) is 0.328. The number of nitrogens with one attached hydrogen (secondary N) is 1. The minimum Gasteiger partial charge on any atom is -0.387 e. The average Bonchev–Trinajstić information content (AvgIpc) is 2.46. The van der Waals surface area contributed by atoms with E-state index in [2.05, 4.69) is 27.3 Å². The first-order valence-corrected chi connectivity index (χ1v) is 7.15. The normalized spacial score (nSPS) is 11.7. The molecule has 0 saturated carbocycles. The largest absolute Gasteiger partial charge is 0.387 e. The zero-order valence-electron chi connectivity index (χ0n) is 10.5. The van der Waals surface area contributed by atoms with E-state index in [0.29, 0.717) is 22.7 Å². The van der Waals surface area contributed by atoms with Crippen molar-refractivity contribution < 1.29 is 5.11 Å². The van der Waals surface area contributed by atoms with Crippen LogP contribution in [0.1, 0.15) is 17.2 Å². The molecular formula is C15H12BrClN2O. The van der Waals surface area contributed by atoms with Crippen LogP contribution in [0.4, 0.5) is 5.69 Å². The Bertz CT molecular complexity index is 655. The number of anilines is 1. The van der Waals surface area contributed by atoms with Crippen molar-refractivity contribution in [1.29, 1.82) is 5.26 Å². The summed E-state index contributed by atoms with van der Waals surface area (Å²) in [5, 5.41) is 22.6. The lowest BCUT2D eigenvalue weighted by Crippen LogP contribution is -2.12. The van der Waals surface area contributed by atoms with Crippen molar-refractivity contribution in [2.24, 2.45) is 0 Å². The molecule has 0 saturated heterocycles. The van der Waals surface area contributed by atoms with Gasteiger partial charge in [-0.2, -0.15) is 5.26 Å². The van der Waals surface area contributed by atoms with Crippen molar-refractivity contribution in [3.05, 3.63) is 63.1 Å². The van der Waals surface area contributed by atoms with Gasteiger partial charge < -0.3 is 10.4 Å². The first-order valence-electron chi connectivity index (χ1n) is 5.98. The topological polar surface area (TPSA) is 56.0 Å². The van der Waals surface area contributed by atoms with E-state index in [1.54, 1.807) is 30.3 Å². The van der Waals surface area contributed by atoms with Crippen molar-refractivity contribution in [2.45, 2.75) is 6.10 Å². The molecule has 102 valence electrons. The Morgan fingerprint density at radius 2 is 2.05 bits per heavy atom. The van der Waals surface area contributed by atoms with Gasteiger partial charge in [0.05, 0.1) is 17.7 Å². The molecule has 20 heavy (non-hydrogen) atoms. The monoisotopic (exact) mass is 350 g/mol. The molecule has 0 radical (unpaired) electrons. The van der Waals surface area contributed by atoms with Gasteiger partial charge in [-0.1, -0.05) is 29.8 Å². The average molecular weight is 352 g/mol. The molecule has 0 spiro atoms. The van der Waals surface area contributed by atoms with Crippen molar-refractivity contribution in [2.75, 3.05) is 11.9 Å². The van der Waals surface area contributed by atoms with Gasteiger partial charge in [0.25, 0.3) is 0 Å². The van der Waals surface area contributed by atoms with Crippen LogP contribution in [0.15, 0.2) is 46.9 Å². The van der Waals surface area contributed by atoms with E-state index in [9.17, 15) is 5.11 Å². The fourth-order valence-corrected chi connectivity index (χ4v) is 2.57. The van der Waals surface area contributed by atoms with Gasteiger partial charge in [-0.25, -0.2) is 0 Å². The van der Waals surface area contributed by atoms with E-state index >= 15 is 0 Å². The van der Waals surface area contributed by atoms with Crippen LogP contribution >= 0.6 is 27.5 Å². The van der Waals surface area contributed by atoms with Gasteiger partial charge in [-0.15, -0.1) is 0 Å². The summed E-state index contributed by atoms with van der Waals surface area (Å²) in [4.78, 5) is 0. The van der Waals surface area contributed by atoms with Crippen LogP contribution in [0.2, 0.25) is 5.02 Å². The second-order valence-corrected chi connectivity index (χ2v) is 5.49. The Morgan fingerprint density at radius 3 is 2.70 bits per heavy atom. The number of aliphatic hydroxyl groups is 1. The second kappa shape index (κ2) is 6.76. The molecule has 0 heterocycles. The summed E-state index contributed by atoms with van der Waals surface area (Å²) in [5.74, 6) is 0. The van der Waals surface area contributed by atoms with Crippen molar-refractivity contribution in [3.63, 3.8) is 0 Å². The molecule has 0 aliphatic rings. The van der Waals surface area contributed by atoms with Crippen molar-refractivity contribution in [1.82, 2.24) is 0 Å². The minimum atomic E-state index is -0.703. The molecule has 0 aliphatic heterocycles. The van der Waals surface area contributed by atoms with E-state index in [1.807, 2.05) is 12.1 Å². The molecule has 2 aromatic rings. The first kappa shape index (κ1) is 14.9. The van der Waals surface area contributed by atoms with E-state index in [0.717, 1.165) is 10.2 Å². The lowest BCUT2D eigenvalue weighted by atomic mass is 10.1. The number of rotatable bonds is 4. The molecule has 2 N–H and O–H groups in total. The molecule has 5 heteroatoms. The maximum Gasteiger partial charge on any atom is 0.0992 e. The zero-order valence-corrected chi connectivity index (χ0v) is 12.8. The van der Waals surface area contributed by atoms with Crippen LogP contribution in [-0.4, -0.2) is 11.7 Å². The molecule has 2 rings (SSSR count). The van der Waals surface area contributed by atoms with Crippen LogP contribution in [-0.2, 0) is 0 Å². The highest BCUT2D eigenvalue weighted by Gasteiger charge is 2.11. The highest BCUT2D eigenvalue weighted by atomic mass is 79.9. The third-order valence-electron chi connectivity index (χ3n) is 2.85. The van der Waals surface area contributed by atoms with Gasteiger partial charge in [0.15, 0.2) is 0 Å². The maximum absolute atomic E-state index is 10.1. The predicted octanol–water partition coefficient (Wildman–Crippen LogP) is 4.12. The summed E-state index contributed by atoms with van der Waals surface area (Å²) >= 11 is 9.43. The number of nitriles is 1. The van der Waals surface area contributed by atoms with Gasteiger partial charge in [-0.05, 0) is 40.2 Å². The maximum atomic E-state index is 10.1. The Balaban J connectivity index is 2.06. The van der Waals surface area contributed by atoms with Gasteiger partial charge in [0.2, 0.25) is 0 Å². The van der Waals surface area contributed by atoms with Crippen LogP contribution in [0.5, 0.6) is 0 Å². The third kappa shape index (κ3) is 3.51. The Hall–Kier alpha value is -1.54. The number of benzene rings is 2. The highest BCUT2D eigenvalue weighted by molar-refractivity contribution is 9.10. The number of aliphatic hydroxyl groups excluding tert-OH is 1. The van der Waals surface area contributed by atoms with Crippen LogP contribution in [0, 0.1) is 11.3 Å². The third-order valence-corrected chi connectivity index (χ3v) is 3.85. The Labute approximate surface area is 130 Å². The smallest absolute Gasteiger partial charge is 0.0992 e. The fourth-order valence-electron chi connectivity index (χ4n) is 1.79. The SMILES string of the molecule is N#Cc1ccc(NCC(O)c2ccccc2Cl)c(Br)c1. The second-order valence-electron chi connectivity index (χ2n) is 4.22. The molecule has 2 aromatic carbocycles. The molecule has 0 aromatic heterocycles. The van der Waals surface area contributed by atoms with Gasteiger partial charge in [-0.3, -0.25) is 0 Å². The summed E-state index contributed by atoms with van der Waals surface area (Å²) in [6, 6.07) is 14.5. The quantitative estimate of drug-likeness (QED) is 0.871. The summed E-state index contributed by atoms with van der Waals surface area (Å²) < 4.78 is 0.780. The Kier molecular flexibility index (Phi) is 5.02. The van der Waals surface area contributed by atoms with Gasteiger partial charge in [0, 0.05) is 27.3 Å².